The third-order valence-corrected chi connectivity index (χ3v) is 3.53. The van der Waals surface area contributed by atoms with E-state index in [1.165, 1.54) is 0 Å². The van der Waals surface area contributed by atoms with Gasteiger partial charge in [-0.1, -0.05) is 12.2 Å². The number of nitrogens with two attached hydrogens (primary N) is 1. The Bertz CT molecular complexity index is 490. The van der Waals surface area contributed by atoms with E-state index >= 15 is 0 Å². The number of ether oxygens (including phenoxy) is 1. The van der Waals surface area contributed by atoms with Gasteiger partial charge in [0, 0.05) is 25.4 Å². The maximum absolute atomic E-state index is 5.88. The van der Waals surface area contributed by atoms with Crippen molar-refractivity contribution >= 4 is 23.0 Å². The topological polar surface area (TPSA) is 51.4 Å². The van der Waals surface area contributed by atoms with Crippen LogP contribution in [0, 0.1) is 13.8 Å². The van der Waals surface area contributed by atoms with Crippen LogP contribution in [-0.4, -0.2) is 35.8 Å². The van der Waals surface area contributed by atoms with Crippen LogP contribution in [-0.2, 0) is 4.74 Å². The summed E-state index contributed by atoms with van der Waals surface area (Å²) >= 11 is 5.19. The smallest absolute Gasteiger partial charge is 0.139 e. The molecule has 0 spiro atoms. The molecule has 0 amide bonds. The molecule has 5 heteroatoms. The van der Waals surface area contributed by atoms with Crippen molar-refractivity contribution in [2.24, 2.45) is 5.73 Å². The molecule has 2 rings (SSSR count). The van der Waals surface area contributed by atoms with E-state index in [-0.39, 0.29) is 6.10 Å². The van der Waals surface area contributed by atoms with Gasteiger partial charge in [-0.15, -0.1) is 0 Å². The van der Waals surface area contributed by atoms with Crippen LogP contribution in [0.1, 0.15) is 30.2 Å². The zero-order chi connectivity index (χ0) is 14.0. The summed E-state index contributed by atoms with van der Waals surface area (Å²) in [5, 5.41) is 0. The molecule has 0 saturated carbocycles. The molecule has 4 nitrogen and oxygen atoms in total. The Morgan fingerprint density at radius 3 is 2.95 bits per heavy atom. The first-order chi connectivity index (χ1) is 8.99. The zero-order valence-corrected chi connectivity index (χ0v) is 12.6. The van der Waals surface area contributed by atoms with Gasteiger partial charge in [0.25, 0.3) is 0 Å². The molecule has 0 aliphatic carbocycles. The highest BCUT2D eigenvalue weighted by Crippen LogP contribution is 2.24. The Hall–Kier alpha value is -1.20. The highest BCUT2D eigenvalue weighted by atomic mass is 32.1. The maximum Gasteiger partial charge on any atom is 0.139 e. The molecule has 1 aliphatic heterocycles. The van der Waals surface area contributed by atoms with Crippen LogP contribution in [0.25, 0.3) is 0 Å². The molecule has 1 saturated heterocycles. The molecule has 2 N–H and O–H groups in total. The summed E-state index contributed by atoms with van der Waals surface area (Å²) in [6.45, 7) is 8.66. The molecule has 1 aliphatic rings. The van der Waals surface area contributed by atoms with Gasteiger partial charge in [-0.3, -0.25) is 0 Å². The predicted molar refractivity (Wildman–Crippen MR) is 81.8 cm³/mol. The minimum atomic E-state index is 0.198. The summed E-state index contributed by atoms with van der Waals surface area (Å²) < 4.78 is 5.68. The number of pyridine rings is 1. The van der Waals surface area contributed by atoms with Crippen molar-refractivity contribution in [2.45, 2.75) is 33.3 Å². The molecule has 0 aromatic carbocycles. The van der Waals surface area contributed by atoms with Crippen molar-refractivity contribution in [1.29, 1.82) is 0 Å². The number of hydrogen-bond donors (Lipinski definition) is 1. The monoisotopic (exact) mass is 279 g/mol. The molecule has 1 aromatic rings. The Kier molecular flexibility index (Phi) is 4.37. The maximum atomic E-state index is 5.88. The lowest BCUT2D eigenvalue weighted by atomic mass is 10.1. The number of anilines is 1. The average molecular weight is 279 g/mol. The van der Waals surface area contributed by atoms with Gasteiger partial charge in [0.05, 0.1) is 11.7 Å². The SMILES string of the molecule is Cc1cc(C)c(C(N)=S)c(N2CCCOC(C)C2)n1. The van der Waals surface area contributed by atoms with Crippen molar-refractivity contribution in [3.8, 4) is 0 Å². The van der Waals surface area contributed by atoms with Gasteiger partial charge >= 0.3 is 0 Å². The zero-order valence-electron chi connectivity index (χ0n) is 11.8. The van der Waals surface area contributed by atoms with Crippen molar-refractivity contribution in [2.75, 3.05) is 24.6 Å². The number of aryl methyl sites for hydroxylation is 2. The second-order valence-electron chi connectivity index (χ2n) is 5.12. The lowest BCUT2D eigenvalue weighted by Gasteiger charge is -2.26. The fraction of sp³-hybridized carbons (Fsp3) is 0.571. The molecule has 2 heterocycles. The molecular formula is C14H21N3OS. The largest absolute Gasteiger partial charge is 0.389 e. The molecule has 1 aromatic heterocycles. The van der Waals surface area contributed by atoms with E-state index in [0.717, 1.165) is 48.8 Å². The van der Waals surface area contributed by atoms with E-state index in [0.29, 0.717) is 4.99 Å². The molecule has 1 atom stereocenters. The number of thiocarbonyl (C=S) groups is 1. The number of aromatic nitrogens is 1. The molecular weight excluding hydrogens is 258 g/mol. The van der Waals surface area contributed by atoms with E-state index < -0.39 is 0 Å². The Morgan fingerprint density at radius 1 is 1.53 bits per heavy atom. The van der Waals surface area contributed by atoms with Gasteiger partial charge in [0.15, 0.2) is 0 Å². The van der Waals surface area contributed by atoms with Crippen LogP contribution in [0.2, 0.25) is 0 Å². The van der Waals surface area contributed by atoms with E-state index in [9.17, 15) is 0 Å². The minimum absolute atomic E-state index is 0.198. The third-order valence-electron chi connectivity index (χ3n) is 3.32. The van der Waals surface area contributed by atoms with Gasteiger partial charge in [0.1, 0.15) is 10.8 Å². The van der Waals surface area contributed by atoms with Gasteiger partial charge in [0.2, 0.25) is 0 Å². The second kappa shape index (κ2) is 5.84. The first kappa shape index (κ1) is 14.2. The summed E-state index contributed by atoms with van der Waals surface area (Å²) in [5.74, 6) is 0.905. The molecule has 0 bridgehead atoms. The Balaban J connectivity index is 2.44. The van der Waals surface area contributed by atoms with Crippen LogP contribution in [0.4, 0.5) is 5.82 Å². The number of nitrogens with zero attached hydrogens (tertiary/aromatic N) is 2. The normalized spacial score (nSPS) is 20.2. The summed E-state index contributed by atoms with van der Waals surface area (Å²) in [7, 11) is 0. The molecule has 104 valence electrons. The van der Waals surface area contributed by atoms with Gasteiger partial charge in [-0.2, -0.15) is 0 Å². The van der Waals surface area contributed by atoms with Crippen molar-refractivity contribution in [1.82, 2.24) is 4.98 Å². The second-order valence-corrected chi connectivity index (χ2v) is 5.56. The van der Waals surface area contributed by atoms with Crippen molar-refractivity contribution in [3.05, 3.63) is 22.9 Å². The fourth-order valence-electron chi connectivity index (χ4n) is 2.54. The van der Waals surface area contributed by atoms with E-state index in [2.05, 4.69) is 16.8 Å². The number of rotatable bonds is 2. The van der Waals surface area contributed by atoms with Gasteiger partial charge < -0.3 is 15.4 Å². The standard InChI is InChI=1S/C14H21N3OS/c1-9-7-10(2)16-14(12(9)13(15)19)17-5-4-6-18-11(3)8-17/h7,11H,4-6,8H2,1-3H3,(H2,15,19). The first-order valence-corrected chi connectivity index (χ1v) is 7.04. The highest BCUT2D eigenvalue weighted by molar-refractivity contribution is 7.80. The Morgan fingerprint density at radius 2 is 2.26 bits per heavy atom. The highest BCUT2D eigenvalue weighted by Gasteiger charge is 2.21. The van der Waals surface area contributed by atoms with Gasteiger partial charge in [-0.25, -0.2) is 4.98 Å². The van der Waals surface area contributed by atoms with E-state index in [1.807, 2.05) is 19.9 Å². The fourth-order valence-corrected chi connectivity index (χ4v) is 2.79. The van der Waals surface area contributed by atoms with Crippen LogP contribution in [0.15, 0.2) is 6.07 Å². The minimum Gasteiger partial charge on any atom is -0.389 e. The summed E-state index contributed by atoms with van der Waals surface area (Å²) in [5.41, 5.74) is 8.86. The van der Waals surface area contributed by atoms with Crippen LogP contribution >= 0.6 is 12.2 Å². The average Bonchev–Trinajstić information content (AvgIpc) is 2.52. The lowest BCUT2D eigenvalue weighted by molar-refractivity contribution is 0.0820. The van der Waals surface area contributed by atoms with Crippen LogP contribution in [0.3, 0.4) is 0 Å². The Labute approximate surface area is 120 Å². The summed E-state index contributed by atoms with van der Waals surface area (Å²) in [6.07, 6.45) is 1.19. The number of hydrogen-bond acceptors (Lipinski definition) is 4. The van der Waals surface area contributed by atoms with Crippen LogP contribution < -0.4 is 10.6 Å². The van der Waals surface area contributed by atoms with Crippen molar-refractivity contribution in [3.63, 3.8) is 0 Å². The van der Waals surface area contributed by atoms with E-state index in [4.69, 9.17) is 22.7 Å². The van der Waals surface area contributed by atoms with Crippen LogP contribution in [0.5, 0.6) is 0 Å². The van der Waals surface area contributed by atoms with Crippen molar-refractivity contribution < 1.29 is 4.74 Å². The summed E-state index contributed by atoms with van der Waals surface area (Å²) in [6, 6.07) is 2.02. The molecule has 1 fully saturated rings. The molecule has 19 heavy (non-hydrogen) atoms. The van der Waals surface area contributed by atoms with Gasteiger partial charge in [-0.05, 0) is 38.8 Å². The first-order valence-electron chi connectivity index (χ1n) is 6.63. The lowest BCUT2D eigenvalue weighted by Crippen LogP contribution is -2.33. The molecule has 0 radical (unpaired) electrons. The quantitative estimate of drug-likeness (QED) is 0.839. The molecule has 1 unspecified atom stereocenters. The third kappa shape index (κ3) is 3.22. The predicted octanol–water partition coefficient (Wildman–Crippen LogP) is 1.95. The van der Waals surface area contributed by atoms with E-state index in [1.54, 1.807) is 0 Å². The summed E-state index contributed by atoms with van der Waals surface area (Å²) in [4.78, 5) is 7.31.